The molecule has 2 N–H and O–H groups in total. The highest BCUT2D eigenvalue weighted by Crippen LogP contribution is 2.39. The molecule has 4 aromatic carbocycles. The number of benzene rings is 4. The average Bonchev–Trinajstić information content (AvgIpc) is 2.99. The fraction of sp³-hybridized carbons (Fsp3) is 0.0882. The third-order valence-electron chi connectivity index (χ3n) is 7.19. The van der Waals surface area contributed by atoms with Gasteiger partial charge in [-0.15, -0.1) is 0 Å². The van der Waals surface area contributed by atoms with Crippen LogP contribution in [0.1, 0.15) is 32.6 Å². The van der Waals surface area contributed by atoms with Crippen LogP contribution in [0.3, 0.4) is 0 Å². The number of nitrogens with zero attached hydrogens (tertiary/aromatic N) is 2. The van der Waals surface area contributed by atoms with Crippen molar-refractivity contribution in [2.75, 3.05) is 5.32 Å². The van der Waals surface area contributed by atoms with Gasteiger partial charge in [-0.25, -0.2) is 4.79 Å². The second kappa shape index (κ2) is 11.0. The first kappa shape index (κ1) is 27.0. The number of carbonyl (C=O) groups is 1. The Labute approximate surface area is 239 Å². The Hall–Kier alpha value is -5.24. The first-order chi connectivity index (χ1) is 20.3. The molecule has 0 aliphatic heterocycles. The quantitative estimate of drug-likeness (QED) is 0.204. The van der Waals surface area contributed by atoms with Crippen molar-refractivity contribution in [2.24, 2.45) is 0 Å². The summed E-state index contributed by atoms with van der Waals surface area (Å²) < 4.78 is 41.7. The van der Waals surface area contributed by atoms with Crippen molar-refractivity contribution in [2.45, 2.75) is 19.1 Å². The number of pyridine rings is 2. The Morgan fingerprint density at radius 2 is 1.60 bits per heavy atom. The topological polar surface area (TPSA) is 75.1 Å². The molecule has 42 heavy (non-hydrogen) atoms. The summed E-state index contributed by atoms with van der Waals surface area (Å²) in [5, 5.41) is 14.7. The fourth-order valence-electron chi connectivity index (χ4n) is 5.20. The summed E-state index contributed by atoms with van der Waals surface area (Å²) >= 11 is 0. The van der Waals surface area contributed by atoms with Crippen LogP contribution in [0.5, 0.6) is 0 Å². The molecule has 0 aliphatic carbocycles. The average molecular weight is 564 g/mol. The second-order valence-electron chi connectivity index (χ2n) is 10.0. The van der Waals surface area contributed by atoms with Gasteiger partial charge in [0.1, 0.15) is 0 Å². The largest absolute Gasteiger partial charge is 0.478 e. The third kappa shape index (κ3) is 5.51. The SMILES string of the molecule is O=C(O)c1ccc2cc(NCc3cncc(-c4c(Cc5ccccc5)cnc5c(C(F)(F)F)cccc45)c3)ccc2c1. The zero-order valence-corrected chi connectivity index (χ0v) is 22.2. The summed E-state index contributed by atoms with van der Waals surface area (Å²) in [5.74, 6) is -0.977. The molecule has 0 saturated carbocycles. The first-order valence-corrected chi connectivity index (χ1v) is 13.2. The number of alkyl halides is 3. The lowest BCUT2D eigenvalue weighted by Crippen LogP contribution is -2.07. The van der Waals surface area contributed by atoms with Crippen LogP contribution in [-0.4, -0.2) is 21.0 Å². The Morgan fingerprint density at radius 3 is 2.38 bits per heavy atom. The Kier molecular flexibility index (Phi) is 7.04. The lowest BCUT2D eigenvalue weighted by atomic mass is 9.92. The van der Waals surface area contributed by atoms with E-state index in [0.717, 1.165) is 39.2 Å². The van der Waals surface area contributed by atoms with Crippen molar-refractivity contribution in [3.63, 3.8) is 0 Å². The monoisotopic (exact) mass is 563 g/mol. The molecule has 6 rings (SSSR count). The van der Waals surface area contributed by atoms with E-state index in [1.54, 1.807) is 36.7 Å². The van der Waals surface area contributed by atoms with E-state index in [4.69, 9.17) is 0 Å². The molecule has 0 spiro atoms. The summed E-state index contributed by atoms with van der Waals surface area (Å²) in [6.07, 6.45) is 0.888. The van der Waals surface area contributed by atoms with Crippen molar-refractivity contribution >= 4 is 33.3 Å². The lowest BCUT2D eigenvalue weighted by molar-refractivity contribution is -0.136. The Morgan fingerprint density at radius 1 is 0.810 bits per heavy atom. The molecule has 0 fully saturated rings. The van der Waals surface area contributed by atoms with Crippen LogP contribution >= 0.6 is 0 Å². The number of carboxylic acids is 1. The molecule has 0 saturated heterocycles. The summed E-state index contributed by atoms with van der Waals surface area (Å²) in [4.78, 5) is 20.0. The normalized spacial score (nSPS) is 11.6. The van der Waals surface area contributed by atoms with E-state index in [2.05, 4.69) is 15.3 Å². The van der Waals surface area contributed by atoms with E-state index in [9.17, 15) is 23.1 Å². The number of para-hydroxylation sites is 1. The van der Waals surface area contributed by atoms with Gasteiger partial charge in [-0.05, 0) is 75.8 Å². The minimum atomic E-state index is -4.54. The summed E-state index contributed by atoms with van der Waals surface area (Å²) in [7, 11) is 0. The highest BCUT2D eigenvalue weighted by Gasteiger charge is 2.33. The summed E-state index contributed by atoms with van der Waals surface area (Å²) in [6, 6.07) is 26.4. The van der Waals surface area contributed by atoms with E-state index < -0.39 is 17.7 Å². The molecule has 2 aromatic heterocycles. The molecule has 0 radical (unpaired) electrons. The number of anilines is 1. The standard InChI is InChI=1S/C34H24F3N3O2/c35-34(36,37)30-8-4-7-29-31(27(20-40-32(29)30)13-21-5-2-1-3-6-21)26-14-22(17-38-19-26)18-39-28-12-11-23-15-25(33(41)42)10-9-24(23)16-28/h1-12,14-17,19-20,39H,13,18H2,(H,41,42). The highest BCUT2D eigenvalue weighted by atomic mass is 19.4. The molecule has 0 unspecified atom stereocenters. The number of fused-ring (bicyclic) bond motifs is 2. The molecule has 6 aromatic rings. The molecular weight excluding hydrogens is 539 g/mol. The van der Waals surface area contributed by atoms with E-state index in [-0.39, 0.29) is 11.1 Å². The van der Waals surface area contributed by atoms with Crippen molar-refractivity contribution in [3.8, 4) is 11.1 Å². The minimum Gasteiger partial charge on any atom is -0.478 e. The summed E-state index contributed by atoms with van der Waals surface area (Å²) in [5.41, 5.74) is 4.23. The van der Waals surface area contributed by atoms with Crippen molar-refractivity contribution in [1.82, 2.24) is 9.97 Å². The number of aromatic carboxylic acids is 1. The van der Waals surface area contributed by atoms with Crippen LogP contribution < -0.4 is 5.32 Å². The van der Waals surface area contributed by atoms with Gasteiger partial charge in [-0.2, -0.15) is 13.2 Å². The molecule has 2 heterocycles. The third-order valence-corrected chi connectivity index (χ3v) is 7.19. The second-order valence-corrected chi connectivity index (χ2v) is 10.0. The van der Waals surface area contributed by atoms with Gasteiger partial charge >= 0.3 is 12.1 Å². The first-order valence-electron chi connectivity index (χ1n) is 13.2. The molecular formula is C34H24F3N3O2. The molecule has 0 amide bonds. The number of aromatic nitrogens is 2. The molecule has 0 aliphatic rings. The van der Waals surface area contributed by atoms with Crippen LogP contribution in [0.25, 0.3) is 32.8 Å². The predicted octanol–water partition coefficient (Wildman–Crippen LogP) is 8.37. The summed E-state index contributed by atoms with van der Waals surface area (Å²) in [6.45, 7) is 0.421. The smallest absolute Gasteiger partial charge is 0.418 e. The highest BCUT2D eigenvalue weighted by molar-refractivity contribution is 5.98. The maximum Gasteiger partial charge on any atom is 0.418 e. The van der Waals surface area contributed by atoms with Gasteiger partial charge in [0.2, 0.25) is 0 Å². The van der Waals surface area contributed by atoms with Crippen LogP contribution in [0.2, 0.25) is 0 Å². The van der Waals surface area contributed by atoms with Crippen molar-refractivity contribution in [3.05, 3.63) is 137 Å². The number of halogens is 3. The molecule has 208 valence electrons. The molecule has 0 bridgehead atoms. The number of hydrogen-bond acceptors (Lipinski definition) is 4. The number of carboxylic acid groups (broad SMARTS) is 1. The van der Waals surface area contributed by atoms with E-state index in [1.165, 1.54) is 12.3 Å². The van der Waals surface area contributed by atoms with Gasteiger partial charge < -0.3 is 10.4 Å². The van der Waals surface area contributed by atoms with Crippen LogP contribution in [0.15, 0.2) is 110 Å². The van der Waals surface area contributed by atoms with E-state index >= 15 is 0 Å². The number of rotatable bonds is 7. The fourth-order valence-corrected chi connectivity index (χ4v) is 5.20. The molecule has 8 heteroatoms. The van der Waals surface area contributed by atoms with Crippen LogP contribution in [0.4, 0.5) is 18.9 Å². The Bertz CT molecular complexity index is 1940. The van der Waals surface area contributed by atoms with Crippen molar-refractivity contribution < 1.29 is 23.1 Å². The number of hydrogen-bond donors (Lipinski definition) is 2. The van der Waals surface area contributed by atoms with E-state index in [1.807, 2.05) is 54.6 Å². The maximum absolute atomic E-state index is 13.9. The van der Waals surface area contributed by atoms with Gasteiger partial charge in [0, 0.05) is 41.8 Å². The minimum absolute atomic E-state index is 0.0949. The number of nitrogens with one attached hydrogen (secondary N) is 1. The van der Waals surface area contributed by atoms with E-state index in [0.29, 0.717) is 29.5 Å². The van der Waals surface area contributed by atoms with Gasteiger partial charge in [0.15, 0.2) is 0 Å². The molecule has 5 nitrogen and oxygen atoms in total. The predicted molar refractivity (Wildman–Crippen MR) is 157 cm³/mol. The van der Waals surface area contributed by atoms with Crippen molar-refractivity contribution in [1.29, 1.82) is 0 Å². The van der Waals surface area contributed by atoms with Crippen LogP contribution in [0, 0.1) is 0 Å². The van der Waals surface area contributed by atoms with Gasteiger partial charge in [0.25, 0.3) is 0 Å². The van der Waals surface area contributed by atoms with Gasteiger partial charge in [-0.3, -0.25) is 9.97 Å². The van der Waals surface area contributed by atoms with Gasteiger partial charge in [0.05, 0.1) is 16.6 Å². The Balaban J connectivity index is 1.36. The van der Waals surface area contributed by atoms with Gasteiger partial charge in [-0.1, -0.05) is 54.6 Å². The zero-order valence-electron chi connectivity index (χ0n) is 22.2. The molecule has 0 atom stereocenters. The lowest BCUT2D eigenvalue weighted by Gasteiger charge is -2.17. The maximum atomic E-state index is 13.9. The zero-order chi connectivity index (χ0) is 29.3. The van der Waals surface area contributed by atoms with Crippen LogP contribution in [-0.2, 0) is 19.1 Å².